The fourth-order valence-corrected chi connectivity index (χ4v) is 3.68. The summed E-state index contributed by atoms with van der Waals surface area (Å²) in [5.74, 6) is -3.19. The van der Waals surface area contributed by atoms with E-state index in [4.69, 9.17) is 27.9 Å². The standard InChI is InChI=1S/C25H22Cl2F2O3/c26-20-11-9-18(10-12-20)17-6-3-16(4-7-17)5-8-19(25(30)31)2-1-13-32-23-15-21(28)14-22(29)24(23)27/h3-4,6-7,9-12,14-15,19H,1-2,5,8,13H2,(H,30,31). The first-order valence-corrected chi connectivity index (χ1v) is 10.9. The summed E-state index contributed by atoms with van der Waals surface area (Å²) in [6.45, 7) is 0.113. The maximum Gasteiger partial charge on any atom is 0.306 e. The van der Waals surface area contributed by atoms with Crippen molar-refractivity contribution in [2.45, 2.75) is 25.7 Å². The van der Waals surface area contributed by atoms with Crippen molar-refractivity contribution in [3.63, 3.8) is 0 Å². The molecule has 0 spiro atoms. The summed E-state index contributed by atoms with van der Waals surface area (Å²) in [6, 6.07) is 17.3. The van der Waals surface area contributed by atoms with E-state index in [1.807, 2.05) is 48.5 Å². The molecule has 3 aromatic carbocycles. The van der Waals surface area contributed by atoms with Gasteiger partial charge in [-0.25, -0.2) is 8.78 Å². The third-order valence-corrected chi connectivity index (χ3v) is 5.80. The number of aliphatic carboxylic acids is 1. The molecule has 7 heteroatoms. The van der Waals surface area contributed by atoms with Gasteiger partial charge in [-0.2, -0.15) is 0 Å². The maximum absolute atomic E-state index is 13.4. The van der Waals surface area contributed by atoms with E-state index in [2.05, 4.69) is 0 Å². The Morgan fingerprint density at radius 2 is 1.56 bits per heavy atom. The molecule has 0 amide bonds. The number of rotatable bonds is 10. The molecule has 0 aliphatic carbocycles. The van der Waals surface area contributed by atoms with Crippen molar-refractivity contribution in [1.29, 1.82) is 0 Å². The Morgan fingerprint density at radius 3 is 2.19 bits per heavy atom. The fraction of sp³-hybridized carbons (Fsp3) is 0.240. The Morgan fingerprint density at radius 1 is 0.938 bits per heavy atom. The van der Waals surface area contributed by atoms with Crippen molar-refractivity contribution in [2.24, 2.45) is 5.92 Å². The third kappa shape index (κ3) is 6.68. The van der Waals surface area contributed by atoms with Crippen LogP contribution in [0.15, 0.2) is 60.7 Å². The fourth-order valence-electron chi connectivity index (χ4n) is 3.39. The van der Waals surface area contributed by atoms with Gasteiger partial charge < -0.3 is 9.84 Å². The molecule has 168 valence electrons. The molecule has 0 saturated carbocycles. The summed E-state index contributed by atoms with van der Waals surface area (Å²) in [4.78, 5) is 11.6. The molecule has 1 unspecified atom stereocenters. The van der Waals surface area contributed by atoms with Gasteiger partial charge in [-0.05, 0) is 54.5 Å². The normalized spacial score (nSPS) is 11.9. The van der Waals surface area contributed by atoms with E-state index in [9.17, 15) is 18.7 Å². The van der Waals surface area contributed by atoms with Crippen molar-refractivity contribution in [3.05, 3.63) is 87.9 Å². The summed E-state index contributed by atoms with van der Waals surface area (Å²) in [5, 5.41) is 9.92. The topological polar surface area (TPSA) is 46.5 Å². The Bertz CT molecular complexity index is 1050. The third-order valence-electron chi connectivity index (χ3n) is 5.18. The zero-order valence-electron chi connectivity index (χ0n) is 17.2. The van der Waals surface area contributed by atoms with Gasteiger partial charge in [0.1, 0.15) is 22.4 Å². The lowest BCUT2D eigenvalue weighted by atomic mass is 9.94. The number of aryl methyl sites for hydroxylation is 1. The number of ether oxygens (including phenoxy) is 1. The van der Waals surface area contributed by atoms with Crippen LogP contribution < -0.4 is 4.74 Å². The van der Waals surface area contributed by atoms with Crippen molar-refractivity contribution < 1.29 is 23.4 Å². The lowest BCUT2D eigenvalue weighted by Gasteiger charge is -2.14. The van der Waals surface area contributed by atoms with Crippen LogP contribution in [-0.4, -0.2) is 17.7 Å². The molecule has 3 aromatic rings. The molecule has 0 aliphatic heterocycles. The first-order valence-electron chi connectivity index (χ1n) is 10.2. The van der Waals surface area contributed by atoms with Gasteiger partial charge in [-0.3, -0.25) is 4.79 Å². The van der Waals surface area contributed by atoms with E-state index in [0.717, 1.165) is 22.8 Å². The number of carbonyl (C=O) groups is 1. The van der Waals surface area contributed by atoms with Gasteiger partial charge in [-0.1, -0.05) is 59.6 Å². The van der Waals surface area contributed by atoms with Gasteiger partial charge in [-0.15, -0.1) is 0 Å². The number of hydrogen-bond donors (Lipinski definition) is 1. The lowest BCUT2D eigenvalue weighted by molar-refractivity contribution is -0.142. The number of carboxylic acids is 1. The summed E-state index contributed by atoms with van der Waals surface area (Å²) in [6.07, 6.45) is 1.90. The lowest BCUT2D eigenvalue weighted by Crippen LogP contribution is -2.16. The number of benzene rings is 3. The largest absolute Gasteiger partial charge is 0.492 e. The monoisotopic (exact) mass is 478 g/mol. The van der Waals surface area contributed by atoms with Crippen molar-refractivity contribution >= 4 is 29.2 Å². The van der Waals surface area contributed by atoms with Crippen LogP contribution in [0.2, 0.25) is 10.0 Å². The summed E-state index contributed by atoms with van der Waals surface area (Å²) in [5.41, 5.74) is 3.17. The molecule has 32 heavy (non-hydrogen) atoms. The van der Waals surface area contributed by atoms with Gasteiger partial charge >= 0.3 is 5.97 Å². The van der Waals surface area contributed by atoms with Crippen LogP contribution in [0.5, 0.6) is 5.75 Å². The van der Waals surface area contributed by atoms with Crippen LogP contribution in [0.1, 0.15) is 24.8 Å². The highest BCUT2D eigenvalue weighted by Crippen LogP contribution is 2.29. The van der Waals surface area contributed by atoms with Crippen LogP contribution in [0.25, 0.3) is 11.1 Å². The molecule has 0 radical (unpaired) electrons. The molecule has 0 aromatic heterocycles. The maximum atomic E-state index is 13.4. The molecule has 1 atom stereocenters. The van der Waals surface area contributed by atoms with E-state index in [1.54, 1.807) is 0 Å². The second-order valence-electron chi connectivity index (χ2n) is 7.47. The van der Waals surface area contributed by atoms with Crippen molar-refractivity contribution in [1.82, 2.24) is 0 Å². The molecule has 0 heterocycles. The Kier molecular flexibility index (Phi) is 8.48. The van der Waals surface area contributed by atoms with Crippen LogP contribution in [0.4, 0.5) is 8.78 Å². The Balaban J connectivity index is 1.49. The minimum Gasteiger partial charge on any atom is -0.492 e. The summed E-state index contributed by atoms with van der Waals surface area (Å²) in [7, 11) is 0. The van der Waals surface area contributed by atoms with Crippen LogP contribution in [0.3, 0.4) is 0 Å². The van der Waals surface area contributed by atoms with E-state index >= 15 is 0 Å². The van der Waals surface area contributed by atoms with Gasteiger partial charge in [0.15, 0.2) is 0 Å². The molecule has 0 bridgehead atoms. The quantitative estimate of drug-likeness (QED) is 0.243. The molecule has 0 aliphatic rings. The van der Waals surface area contributed by atoms with Crippen LogP contribution >= 0.6 is 23.2 Å². The van der Waals surface area contributed by atoms with E-state index in [1.165, 1.54) is 0 Å². The molecule has 1 N–H and O–H groups in total. The van der Waals surface area contributed by atoms with Gasteiger partial charge in [0, 0.05) is 17.2 Å². The van der Waals surface area contributed by atoms with E-state index < -0.39 is 23.5 Å². The number of hydrogen-bond acceptors (Lipinski definition) is 2. The van der Waals surface area contributed by atoms with Crippen molar-refractivity contribution in [3.8, 4) is 16.9 Å². The average Bonchev–Trinajstić information content (AvgIpc) is 2.77. The predicted octanol–water partition coefficient (Wildman–Crippen LogP) is 7.43. The molecule has 0 saturated heterocycles. The molecular formula is C25H22Cl2F2O3. The highest BCUT2D eigenvalue weighted by atomic mass is 35.5. The summed E-state index contributed by atoms with van der Waals surface area (Å²) >= 11 is 11.7. The second kappa shape index (κ2) is 11.3. The first-order chi connectivity index (χ1) is 15.3. The molecule has 0 fully saturated rings. The van der Waals surface area contributed by atoms with E-state index in [0.29, 0.717) is 36.8 Å². The minimum absolute atomic E-state index is 0.0863. The van der Waals surface area contributed by atoms with Crippen LogP contribution in [0, 0.1) is 17.6 Å². The second-order valence-corrected chi connectivity index (χ2v) is 8.28. The van der Waals surface area contributed by atoms with Crippen LogP contribution in [-0.2, 0) is 11.2 Å². The SMILES string of the molecule is O=C(O)C(CCCOc1cc(F)cc(F)c1Cl)CCc1ccc(-c2ccc(Cl)cc2)cc1. The highest BCUT2D eigenvalue weighted by molar-refractivity contribution is 6.32. The zero-order valence-corrected chi connectivity index (χ0v) is 18.7. The van der Waals surface area contributed by atoms with E-state index in [-0.39, 0.29) is 17.4 Å². The zero-order chi connectivity index (χ0) is 23.1. The van der Waals surface area contributed by atoms with Gasteiger partial charge in [0.25, 0.3) is 0 Å². The number of carboxylic acid groups (broad SMARTS) is 1. The number of halogens is 4. The molecule has 3 rings (SSSR count). The average molecular weight is 479 g/mol. The van der Waals surface area contributed by atoms with Gasteiger partial charge in [0.05, 0.1) is 12.5 Å². The first kappa shape index (κ1) is 24.0. The predicted molar refractivity (Wildman–Crippen MR) is 122 cm³/mol. The summed E-state index contributed by atoms with van der Waals surface area (Å²) < 4.78 is 32.1. The smallest absolute Gasteiger partial charge is 0.306 e. The molecular weight excluding hydrogens is 457 g/mol. The minimum atomic E-state index is -0.896. The Hall–Kier alpha value is -2.63. The highest BCUT2D eigenvalue weighted by Gasteiger charge is 2.17. The Labute approximate surface area is 195 Å². The van der Waals surface area contributed by atoms with Gasteiger partial charge in [0.2, 0.25) is 0 Å². The van der Waals surface area contributed by atoms with Crippen molar-refractivity contribution in [2.75, 3.05) is 6.61 Å². The molecule has 3 nitrogen and oxygen atoms in total.